The predicted octanol–water partition coefficient (Wildman–Crippen LogP) is 5.55. The maximum atomic E-state index is 6.25. The summed E-state index contributed by atoms with van der Waals surface area (Å²) in [6, 6.07) is 24.5. The van der Waals surface area contributed by atoms with E-state index in [1.165, 1.54) is 5.56 Å². The third kappa shape index (κ3) is 4.09. The lowest BCUT2D eigenvalue weighted by molar-refractivity contribution is 1.02. The van der Waals surface area contributed by atoms with Gasteiger partial charge >= 0.3 is 0 Å². The highest BCUT2D eigenvalue weighted by Gasteiger charge is 2.16. The van der Waals surface area contributed by atoms with E-state index in [1.807, 2.05) is 42.6 Å². The van der Waals surface area contributed by atoms with Gasteiger partial charge < -0.3 is 5.32 Å². The summed E-state index contributed by atoms with van der Waals surface area (Å²) in [5, 5.41) is 4.26. The number of para-hydroxylation sites is 1. The maximum absolute atomic E-state index is 6.25. The molecule has 1 N–H and O–H groups in total. The number of nitrogens with zero attached hydrogens (tertiary/aromatic N) is 2. The third-order valence-electron chi connectivity index (χ3n) is 4.53. The molecule has 0 atom stereocenters. The fourth-order valence-electron chi connectivity index (χ4n) is 3.23. The molecule has 0 aromatic heterocycles. The van der Waals surface area contributed by atoms with Crippen molar-refractivity contribution in [2.75, 3.05) is 18.4 Å². The molecule has 0 fully saturated rings. The second-order valence-corrected chi connectivity index (χ2v) is 6.81. The van der Waals surface area contributed by atoms with Crippen LogP contribution in [0.1, 0.15) is 16.7 Å². The zero-order chi connectivity index (χ0) is 18.5. The van der Waals surface area contributed by atoms with Gasteiger partial charge in [0.2, 0.25) is 0 Å². The fraction of sp³-hybridized carbons (Fsp3) is 0.130. The van der Waals surface area contributed by atoms with Crippen LogP contribution in [0.15, 0.2) is 82.8 Å². The Morgan fingerprint density at radius 2 is 1.70 bits per heavy atom. The van der Waals surface area contributed by atoms with Crippen molar-refractivity contribution in [2.45, 2.75) is 6.42 Å². The van der Waals surface area contributed by atoms with Gasteiger partial charge in [0, 0.05) is 34.6 Å². The van der Waals surface area contributed by atoms with Gasteiger partial charge in [-0.25, -0.2) is 0 Å². The summed E-state index contributed by atoms with van der Waals surface area (Å²) in [6.45, 7) is 1.41. The van der Waals surface area contributed by atoms with Crippen LogP contribution in [-0.4, -0.2) is 25.0 Å². The second kappa shape index (κ2) is 8.19. The molecule has 4 heteroatoms. The summed E-state index contributed by atoms with van der Waals surface area (Å²) in [5.74, 6) is 0. The van der Waals surface area contributed by atoms with Crippen LogP contribution in [0, 0.1) is 0 Å². The number of aliphatic imine (C=N–C) groups is 2. The lowest BCUT2D eigenvalue weighted by atomic mass is 9.99. The van der Waals surface area contributed by atoms with E-state index in [2.05, 4.69) is 46.7 Å². The predicted molar refractivity (Wildman–Crippen MR) is 115 cm³/mol. The number of hydrogen-bond acceptors (Lipinski definition) is 3. The number of anilines is 1. The van der Waals surface area contributed by atoms with Crippen molar-refractivity contribution in [3.8, 4) is 0 Å². The van der Waals surface area contributed by atoms with E-state index in [0.717, 1.165) is 41.2 Å². The molecule has 134 valence electrons. The summed E-state index contributed by atoms with van der Waals surface area (Å²) in [5.41, 5.74) is 6.25. The van der Waals surface area contributed by atoms with Gasteiger partial charge in [0.1, 0.15) is 0 Å². The molecule has 0 bridgehead atoms. The van der Waals surface area contributed by atoms with E-state index in [1.54, 1.807) is 0 Å². The number of fused-ring (bicyclic) bond motifs is 1. The zero-order valence-electron chi connectivity index (χ0n) is 14.9. The van der Waals surface area contributed by atoms with E-state index in [9.17, 15) is 0 Å². The van der Waals surface area contributed by atoms with Crippen LogP contribution in [0.2, 0.25) is 5.02 Å². The van der Waals surface area contributed by atoms with Crippen molar-refractivity contribution in [2.24, 2.45) is 9.98 Å². The highest BCUT2D eigenvalue weighted by molar-refractivity contribution is 6.31. The molecule has 0 radical (unpaired) electrons. The highest BCUT2D eigenvalue weighted by Crippen LogP contribution is 2.30. The molecule has 0 amide bonds. The molecule has 0 unspecified atom stereocenters. The van der Waals surface area contributed by atoms with Crippen LogP contribution in [0.3, 0.4) is 0 Å². The van der Waals surface area contributed by atoms with Crippen LogP contribution in [0.4, 0.5) is 11.4 Å². The number of benzene rings is 3. The average molecular weight is 374 g/mol. The molecule has 0 spiro atoms. The van der Waals surface area contributed by atoms with Gasteiger partial charge in [0.05, 0.1) is 17.9 Å². The second-order valence-electron chi connectivity index (χ2n) is 6.37. The summed E-state index contributed by atoms with van der Waals surface area (Å²) in [4.78, 5) is 9.29. The topological polar surface area (TPSA) is 36.8 Å². The smallest absolute Gasteiger partial charge is 0.0766 e. The molecule has 0 saturated heterocycles. The van der Waals surface area contributed by atoms with Crippen LogP contribution in [-0.2, 0) is 6.42 Å². The van der Waals surface area contributed by atoms with Gasteiger partial charge in [-0.15, -0.1) is 0 Å². The Labute approximate surface area is 164 Å². The Balaban J connectivity index is 1.62. The van der Waals surface area contributed by atoms with E-state index < -0.39 is 0 Å². The number of halogens is 1. The van der Waals surface area contributed by atoms with Crippen LogP contribution < -0.4 is 5.32 Å². The molecule has 4 rings (SSSR count). The van der Waals surface area contributed by atoms with Gasteiger partial charge in [-0.3, -0.25) is 9.98 Å². The van der Waals surface area contributed by atoms with Crippen LogP contribution in [0.5, 0.6) is 0 Å². The van der Waals surface area contributed by atoms with E-state index in [-0.39, 0.29) is 0 Å². The lowest BCUT2D eigenvalue weighted by Crippen LogP contribution is -2.11. The summed E-state index contributed by atoms with van der Waals surface area (Å²) in [7, 11) is 0. The number of nitrogens with one attached hydrogen (secondary N) is 1. The van der Waals surface area contributed by atoms with E-state index in [4.69, 9.17) is 16.6 Å². The molecule has 0 aliphatic carbocycles. The first-order valence-electron chi connectivity index (χ1n) is 9.05. The first-order chi connectivity index (χ1) is 13.3. The maximum Gasteiger partial charge on any atom is 0.0766 e. The zero-order valence-corrected chi connectivity index (χ0v) is 15.7. The molecule has 3 aromatic carbocycles. The average Bonchev–Trinajstić information content (AvgIpc) is 2.91. The molecular formula is C23H20ClN3. The van der Waals surface area contributed by atoms with E-state index >= 15 is 0 Å². The summed E-state index contributed by atoms with van der Waals surface area (Å²) >= 11 is 6.25. The summed E-state index contributed by atoms with van der Waals surface area (Å²) < 4.78 is 0. The monoisotopic (exact) mass is 373 g/mol. The van der Waals surface area contributed by atoms with Gasteiger partial charge in [0.15, 0.2) is 0 Å². The fourth-order valence-corrected chi connectivity index (χ4v) is 3.40. The summed E-state index contributed by atoms with van der Waals surface area (Å²) in [6.07, 6.45) is 2.80. The largest absolute Gasteiger partial charge is 0.384 e. The quantitative estimate of drug-likeness (QED) is 0.625. The van der Waals surface area contributed by atoms with Crippen molar-refractivity contribution in [1.29, 1.82) is 0 Å². The van der Waals surface area contributed by atoms with E-state index in [0.29, 0.717) is 11.6 Å². The molecule has 1 aliphatic heterocycles. The number of rotatable bonds is 5. The first kappa shape index (κ1) is 17.5. The standard InChI is InChI=1S/C23H20ClN3/c24-18-10-11-22-20(16-18)23(27-15-14-26-22)19-8-4-5-9-21(19)25-13-12-17-6-2-1-3-7-17/h1-11,14,16,25H,12-13,15H2. The number of hydrogen-bond donors (Lipinski definition) is 1. The van der Waals surface area contributed by atoms with Crippen molar-refractivity contribution >= 4 is 34.9 Å². The molecule has 3 nitrogen and oxygen atoms in total. The Morgan fingerprint density at radius 1 is 0.889 bits per heavy atom. The lowest BCUT2D eigenvalue weighted by Gasteiger charge is -2.15. The highest BCUT2D eigenvalue weighted by atomic mass is 35.5. The third-order valence-corrected chi connectivity index (χ3v) is 4.76. The Bertz CT molecular complexity index is 994. The van der Waals surface area contributed by atoms with Crippen LogP contribution >= 0.6 is 11.6 Å². The Hall–Kier alpha value is -2.91. The molecule has 27 heavy (non-hydrogen) atoms. The Morgan fingerprint density at radius 3 is 2.59 bits per heavy atom. The first-order valence-corrected chi connectivity index (χ1v) is 9.43. The molecule has 0 saturated carbocycles. The minimum absolute atomic E-state index is 0.556. The molecule has 1 aliphatic rings. The SMILES string of the molecule is Clc1ccc2c(c1)C(c1ccccc1NCCc1ccccc1)=NCC=N2. The molecule has 1 heterocycles. The molecule has 3 aromatic rings. The van der Waals surface area contributed by atoms with Gasteiger partial charge in [-0.1, -0.05) is 60.1 Å². The Kier molecular flexibility index (Phi) is 5.31. The van der Waals surface area contributed by atoms with Gasteiger partial charge in [-0.2, -0.15) is 0 Å². The van der Waals surface area contributed by atoms with Crippen LogP contribution in [0.25, 0.3) is 0 Å². The molecular weight excluding hydrogens is 354 g/mol. The minimum Gasteiger partial charge on any atom is -0.384 e. The van der Waals surface area contributed by atoms with Gasteiger partial charge in [0.25, 0.3) is 0 Å². The normalized spacial score (nSPS) is 12.9. The van der Waals surface area contributed by atoms with Crippen molar-refractivity contribution in [1.82, 2.24) is 0 Å². The minimum atomic E-state index is 0.556. The van der Waals surface area contributed by atoms with Crippen molar-refractivity contribution in [3.63, 3.8) is 0 Å². The van der Waals surface area contributed by atoms with Gasteiger partial charge in [-0.05, 0) is 36.2 Å². The van der Waals surface area contributed by atoms with Crippen molar-refractivity contribution in [3.05, 3.63) is 94.5 Å². The van der Waals surface area contributed by atoms with Crippen molar-refractivity contribution < 1.29 is 0 Å².